The van der Waals surface area contributed by atoms with Gasteiger partial charge in [0, 0.05) is 24.2 Å². The number of ether oxygens (including phenoxy) is 1. The average Bonchev–Trinajstić information content (AvgIpc) is 3.28. The highest BCUT2D eigenvalue weighted by Gasteiger charge is 2.66. The summed E-state index contributed by atoms with van der Waals surface area (Å²) in [4.78, 5) is 4.35. The molecule has 160 valence electrons. The quantitative estimate of drug-likeness (QED) is 0.639. The van der Waals surface area contributed by atoms with Crippen molar-refractivity contribution >= 4 is 10.8 Å². The zero-order valence-electron chi connectivity index (χ0n) is 18.3. The van der Waals surface area contributed by atoms with Crippen molar-refractivity contribution in [3.05, 3.63) is 65.5 Å². The van der Waals surface area contributed by atoms with Gasteiger partial charge in [-0.05, 0) is 96.4 Å². The number of pyridine rings is 1. The van der Waals surface area contributed by atoms with Gasteiger partial charge in [0.25, 0.3) is 0 Å². The van der Waals surface area contributed by atoms with Crippen molar-refractivity contribution < 1.29 is 9.84 Å². The second kappa shape index (κ2) is 6.08. The maximum atomic E-state index is 10.4. The Balaban J connectivity index is 1.31. The summed E-state index contributed by atoms with van der Waals surface area (Å²) < 4.78 is 7.18. The second-order valence-electron chi connectivity index (χ2n) is 11.1. The number of allylic oxidation sites excluding steroid dienone is 1. The van der Waals surface area contributed by atoms with Crippen molar-refractivity contribution in [1.82, 2.24) is 4.98 Å². The topological polar surface area (TPSA) is 42.4 Å². The molecule has 1 aromatic heterocycles. The molecular formula is C28H31NO2. The van der Waals surface area contributed by atoms with Gasteiger partial charge in [-0.2, -0.15) is 0 Å². The minimum absolute atomic E-state index is 0.138. The predicted octanol–water partition coefficient (Wildman–Crippen LogP) is 5.84. The largest absolute Gasteiger partial charge is 0.393 e. The van der Waals surface area contributed by atoms with Crippen LogP contribution in [0.15, 0.2) is 60.0 Å². The molecule has 7 rings (SSSR count). The van der Waals surface area contributed by atoms with E-state index < -0.39 is 0 Å². The van der Waals surface area contributed by atoms with Gasteiger partial charge >= 0.3 is 0 Å². The normalized spacial score (nSPS) is 43.1. The lowest BCUT2D eigenvalue weighted by Crippen LogP contribution is -2.54. The highest BCUT2D eigenvalue weighted by molar-refractivity contribution is 5.82. The zero-order chi connectivity index (χ0) is 20.8. The van der Waals surface area contributed by atoms with Gasteiger partial charge in [0.1, 0.15) is 0 Å². The Morgan fingerprint density at radius 2 is 2.03 bits per heavy atom. The van der Waals surface area contributed by atoms with Gasteiger partial charge in [-0.15, -0.1) is 0 Å². The van der Waals surface area contributed by atoms with Crippen LogP contribution in [0.1, 0.15) is 69.8 Å². The lowest BCUT2D eigenvalue weighted by Gasteiger charge is -2.54. The van der Waals surface area contributed by atoms with Crippen LogP contribution in [-0.4, -0.2) is 27.4 Å². The molecule has 2 aliphatic heterocycles. The summed E-state index contributed by atoms with van der Waals surface area (Å²) in [7, 11) is 0. The first-order valence-electron chi connectivity index (χ1n) is 12.2. The summed E-state index contributed by atoms with van der Waals surface area (Å²) in [6.07, 6.45) is 17.1. The van der Waals surface area contributed by atoms with Crippen molar-refractivity contribution in [2.45, 2.75) is 81.5 Å². The van der Waals surface area contributed by atoms with Crippen molar-refractivity contribution in [1.29, 1.82) is 0 Å². The van der Waals surface area contributed by atoms with Crippen LogP contribution < -0.4 is 0 Å². The fraction of sp³-hybridized carbons (Fsp3) is 0.536. The molecule has 2 saturated carbocycles. The van der Waals surface area contributed by atoms with Gasteiger partial charge in [0.15, 0.2) is 0 Å². The SMILES string of the molecule is C[C@]12CC=C3C=C4CC[C@@H](O)C[C@]45CC[C@]3(O5)[C@@H]1CCC2c1ccc2ccncc2c1. The monoisotopic (exact) mass is 413 g/mol. The third-order valence-corrected chi connectivity index (χ3v) is 9.72. The van der Waals surface area contributed by atoms with E-state index in [1.165, 1.54) is 40.3 Å². The Hall–Kier alpha value is -1.97. The molecule has 1 saturated heterocycles. The number of aliphatic hydroxyl groups is 1. The van der Waals surface area contributed by atoms with E-state index in [4.69, 9.17) is 4.74 Å². The lowest BCUT2D eigenvalue weighted by molar-refractivity contribution is -0.144. The number of nitrogens with zero attached hydrogens (tertiary/aromatic N) is 1. The smallest absolute Gasteiger partial charge is 0.0974 e. The van der Waals surface area contributed by atoms with E-state index in [9.17, 15) is 5.11 Å². The molecule has 3 heteroatoms. The lowest BCUT2D eigenvalue weighted by atomic mass is 9.58. The van der Waals surface area contributed by atoms with Crippen molar-refractivity contribution in [3.63, 3.8) is 0 Å². The van der Waals surface area contributed by atoms with E-state index in [0.29, 0.717) is 11.8 Å². The zero-order valence-corrected chi connectivity index (χ0v) is 18.3. The summed E-state index contributed by atoms with van der Waals surface area (Å²) in [6, 6.07) is 9.10. The first-order chi connectivity index (χ1) is 15.0. The van der Waals surface area contributed by atoms with Gasteiger partial charge in [-0.1, -0.05) is 31.2 Å². The molecule has 3 aliphatic carbocycles. The van der Waals surface area contributed by atoms with Gasteiger partial charge < -0.3 is 9.84 Å². The molecule has 0 radical (unpaired) electrons. The Kier molecular flexibility index (Phi) is 3.65. The van der Waals surface area contributed by atoms with Crippen molar-refractivity contribution in [2.24, 2.45) is 11.3 Å². The summed E-state index contributed by atoms with van der Waals surface area (Å²) in [5.74, 6) is 1.10. The van der Waals surface area contributed by atoms with Crippen LogP contribution >= 0.6 is 0 Å². The maximum Gasteiger partial charge on any atom is 0.0974 e. The molecule has 1 aromatic carbocycles. The molecule has 0 amide bonds. The van der Waals surface area contributed by atoms with Gasteiger partial charge in [0.2, 0.25) is 0 Å². The molecule has 2 aromatic rings. The summed E-state index contributed by atoms with van der Waals surface area (Å²) in [5.41, 5.74) is 4.26. The average molecular weight is 414 g/mol. The molecule has 1 unspecified atom stereocenters. The third kappa shape index (κ3) is 2.34. The van der Waals surface area contributed by atoms with Gasteiger partial charge in [0.05, 0.1) is 17.3 Å². The van der Waals surface area contributed by atoms with E-state index in [1.54, 1.807) is 0 Å². The van der Waals surface area contributed by atoms with E-state index in [2.05, 4.69) is 48.3 Å². The van der Waals surface area contributed by atoms with E-state index >= 15 is 0 Å². The first-order valence-corrected chi connectivity index (χ1v) is 12.2. The van der Waals surface area contributed by atoms with E-state index in [1.807, 2.05) is 12.4 Å². The van der Waals surface area contributed by atoms with Crippen LogP contribution in [0, 0.1) is 11.3 Å². The molecular weight excluding hydrogens is 382 g/mol. The molecule has 6 atom stereocenters. The Bertz CT molecular complexity index is 1150. The van der Waals surface area contributed by atoms with Gasteiger partial charge in [-0.3, -0.25) is 4.98 Å². The van der Waals surface area contributed by atoms with Crippen molar-refractivity contribution in [2.75, 3.05) is 0 Å². The Morgan fingerprint density at radius 1 is 1.10 bits per heavy atom. The molecule has 2 spiro atoms. The molecule has 31 heavy (non-hydrogen) atoms. The minimum Gasteiger partial charge on any atom is -0.393 e. The molecule has 5 aliphatic rings. The third-order valence-electron chi connectivity index (χ3n) is 9.72. The van der Waals surface area contributed by atoms with Crippen LogP contribution in [0.5, 0.6) is 0 Å². The minimum atomic E-state index is -0.213. The number of fused-ring (bicyclic) bond motifs is 2. The Labute approximate surface area is 184 Å². The fourth-order valence-corrected chi connectivity index (χ4v) is 8.25. The fourth-order valence-electron chi connectivity index (χ4n) is 8.25. The molecule has 3 nitrogen and oxygen atoms in total. The first kappa shape index (κ1) is 18.6. The summed E-state index contributed by atoms with van der Waals surface area (Å²) in [5, 5.41) is 13.0. The van der Waals surface area contributed by atoms with Crippen LogP contribution in [0.3, 0.4) is 0 Å². The number of rotatable bonds is 1. The highest BCUT2D eigenvalue weighted by atomic mass is 16.5. The van der Waals surface area contributed by atoms with Gasteiger partial charge in [-0.25, -0.2) is 0 Å². The Morgan fingerprint density at radius 3 is 2.97 bits per heavy atom. The maximum absolute atomic E-state index is 10.4. The molecule has 3 fully saturated rings. The summed E-state index contributed by atoms with van der Waals surface area (Å²) >= 11 is 0. The van der Waals surface area contributed by atoms with E-state index in [0.717, 1.165) is 38.5 Å². The van der Waals surface area contributed by atoms with Crippen LogP contribution in [0.25, 0.3) is 10.8 Å². The number of benzene rings is 1. The van der Waals surface area contributed by atoms with E-state index in [-0.39, 0.29) is 22.7 Å². The van der Waals surface area contributed by atoms with Crippen LogP contribution in [0.4, 0.5) is 0 Å². The molecule has 2 bridgehead atoms. The van der Waals surface area contributed by atoms with Crippen LogP contribution in [-0.2, 0) is 4.74 Å². The summed E-state index contributed by atoms with van der Waals surface area (Å²) in [6.45, 7) is 2.52. The van der Waals surface area contributed by atoms with Crippen LogP contribution in [0.2, 0.25) is 0 Å². The standard InChI is InChI=1S/C28H31NO2/c1-26-10-8-22-15-21-4-5-23(30)16-27(21)11-12-28(22,31-27)25(26)7-6-24(26)19-3-2-18-9-13-29-17-20(18)14-19/h2-3,8-9,13-15,17,23-25,30H,4-7,10-12,16H2,1H3/t23-,24?,25-,26-,27-,28-/m1/s1. The van der Waals surface area contributed by atoms with Crippen molar-refractivity contribution in [3.8, 4) is 0 Å². The highest BCUT2D eigenvalue weighted by Crippen LogP contribution is 2.69. The molecule has 1 N–H and O–H groups in total. The predicted molar refractivity (Wildman–Crippen MR) is 122 cm³/mol. The second-order valence-corrected chi connectivity index (χ2v) is 11.1. The number of hydrogen-bond acceptors (Lipinski definition) is 3. The number of aliphatic hydroxyl groups excluding tert-OH is 1. The molecule has 3 heterocycles. The number of hydrogen-bond donors (Lipinski definition) is 1. The number of aromatic nitrogens is 1.